The Hall–Kier alpha value is -1.43. The van der Waals surface area contributed by atoms with Gasteiger partial charge in [0.1, 0.15) is 0 Å². The molecule has 0 saturated carbocycles. The van der Waals surface area contributed by atoms with Gasteiger partial charge < -0.3 is 5.32 Å². The molecule has 2 heterocycles. The van der Waals surface area contributed by atoms with Gasteiger partial charge in [0.05, 0.1) is 0 Å². The number of anilines is 1. The fourth-order valence-corrected chi connectivity index (χ4v) is 2.11. The molecule has 0 bridgehead atoms. The summed E-state index contributed by atoms with van der Waals surface area (Å²) in [5.74, 6) is 0.624. The minimum Gasteiger partial charge on any atom is -0.353 e. The molecule has 0 saturated heterocycles. The first-order chi connectivity index (χ1) is 8.58. The second kappa shape index (κ2) is 5.48. The van der Waals surface area contributed by atoms with Crippen molar-refractivity contribution >= 4 is 22.4 Å². The van der Waals surface area contributed by atoms with E-state index in [1.807, 2.05) is 36.6 Å². The van der Waals surface area contributed by atoms with Gasteiger partial charge >= 0.3 is 0 Å². The molecule has 2 aromatic rings. The second-order valence-corrected chi connectivity index (χ2v) is 6.20. The molecule has 5 nitrogen and oxygen atoms in total. The number of hydrogen-bond acceptors (Lipinski definition) is 4. The van der Waals surface area contributed by atoms with Gasteiger partial charge in [0, 0.05) is 34.5 Å². The van der Waals surface area contributed by atoms with E-state index in [0.717, 1.165) is 24.3 Å². The molecule has 0 aliphatic carbocycles. The number of pyridine rings is 1. The van der Waals surface area contributed by atoms with Crippen molar-refractivity contribution in [2.75, 3.05) is 18.1 Å². The zero-order valence-corrected chi connectivity index (χ0v) is 11.7. The lowest BCUT2D eigenvalue weighted by Gasteiger charge is -2.07. The first-order valence-corrected chi connectivity index (χ1v) is 7.58. The summed E-state index contributed by atoms with van der Waals surface area (Å²) in [7, 11) is -0.773. The molecule has 0 aromatic carbocycles. The van der Waals surface area contributed by atoms with Crippen molar-refractivity contribution in [3.63, 3.8) is 0 Å². The predicted octanol–water partition coefficient (Wildman–Crippen LogP) is 1.61. The maximum atomic E-state index is 11.2. The first-order valence-electron chi connectivity index (χ1n) is 5.96. The van der Waals surface area contributed by atoms with E-state index < -0.39 is 10.8 Å². The Morgan fingerprint density at radius 1 is 1.50 bits per heavy atom. The van der Waals surface area contributed by atoms with Crippen molar-refractivity contribution in [2.45, 2.75) is 25.5 Å². The number of aryl methyl sites for hydroxylation is 1. The molecule has 2 unspecified atom stereocenters. The molecule has 0 spiro atoms. The summed E-state index contributed by atoms with van der Waals surface area (Å²) in [4.78, 5) is 4.38. The van der Waals surface area contributed by atoms with Crippen molar-refractivity contribution in [1.29, 1.82) is 0 Å². The number of nitrogens with zero attached hydrogens (tertiary/aromatic N) is 3. The highest BCUT2D eigenvalue weighted by atomic mass is 32.2. The van der Waals surface area contributed by atoms with Crippen LogP contribution < -0.4 is 5.32 Å². The summed E-state index contributed by atoms with van der Waals surface area (Å²) >= 11 is 0. The summed E-state index contributed by atoms with van der Waals surface area (Å²) in [6, 6.07) is 5.88. The first kappa shape index (κ1) is 13.0. The highest BCUT2D eigenvalue weighted by molar-refractivity contribution is 7.84. The number of fused-ring (bicyclic) bond motifs is 1. The van der Waals surface area contributed by atoms with Crippen molar-refractivity contribution in [3.05, 3.63) is 23.9 Å². The second-order valence-electron chi connectivity index (χ2n) is 4.40. The Balaban J connectivity index is 2.00. The summed E-state index contributed by atoms with van der Waals surface area (Å²) in [5, 5.41) is 7.73. The highest BCUT2D eigenvalue weighted by Gasteiger charge is 2.07. The van der Waals surface area contributed by atoms with Gasteiger partial charge in [-0.2, -0.15) is 4.98 Å². The molecule has 2 rings (SSSR count). The number of aromatic nitrogens is 3. The third-order valence-electron chi connectivity index (χ3n) is 2.95. The van der Waals surface area contributed by atoms with Crippen LogP contribution in [0.2, 0.25) is 0 Å². The Labute approximate surface area is 109 Å². The molecule has 0 radical (unpaired) electrons. The Bertz CT molecular complexity index is 566. The van der Waals surface area contributed by atoms with E-state index >= 15 is 0 Å². The smallest absolute Gasteiger partial charge is 0.243 e. The van der Waals surface area contributed by atoms with Crippen LogP contribution in [0.4, 0.5) is 5.95 Å². The van der Waals surface area contributed by atoms with E-state index in [1.165, 1.54) is 0 Å². The maximum Gasteiger partial charge on any atom is 0.243 e. The van der Waals surface area contributed by atoms with Crippen LogP contribution in [0.5, 0.6) is 0 Å². The number of nitrogens with one attached hydrogen (secondary N) is 1. The molecule has 0 amide bonds. The van der Waals surface area contributed by atoms with Crippen LogP contribution >= 0.6 is 0 Å². The fraction of sp³-hybridized carbons (Fsp3) is 0.500. The molecular formula is C12H18N4OS. The lowest BCUT2D eigenvalue weighted by atomic mass is 10.3. The highest BCUT2D eigenvalue weighted by Crippen LogP contribution is 2.08. The van der Waals surface area contributed by atoms with Crippen molar-refractivity contribution in [2.24, 2.45) is 0 Å². The summed E-state index contributed by atoms with van der Waals surface area (Å²) in [5.41, 5.74) is 1.89. The van der Waals surface area contributed by atoms with Gasteiger partial charge in [-0.15, -0.1) is 5.10 Å². The molecular weight excluding hydrogens is 248 g/mol. The van der Waals surface area contributed by atoms with E-state index in [1.54, 1.807) is 6.26 Å². The van der Waals surface area contributed by atoms with Crippen LogP contribution in [0.1, 0.15) is 19.0 Å². The molecule has 98 valence electrons. The van der Waals surface area contributed by atoms with E-state index in [-0.39, 0.29) is 5.25 Å². The number of hydrogen-bond donors (Lipinski definition) is 1. The van der Waals surface area contributed by atoms with E-state index in [9.17, 15) is 4.21 Å². The monoisotopic (exact) mass is 266 g/mol. The predicted molar refractivity (Wildman–Crippen MR) is 74.4 cm³/mol. The van der Waals surface area contributed by atoms with Crippen molar-refractivity contribution in [3.8, 4) is 0 Å². The minimum absolute atomic E-state index is 0.191. The molecule has 18 heavy (non-hydrogen) atoms. The van der Waals surface area contributed by atoms with Crippen LogP contribution in [0.15, 0.2) is 18.2 Å². The van der Waals surface area contributed by atoms with E-state index in [4.69, 9.17) is 0 Å². The Kier molecular flexibility index (Phi) is 3.96. The van der Waals surface area contributed by atoms with E-state index in [2.05, 4.69) is 15.4 Å². The summed E-state index contributed by atoms with van der Waals surface area (Å²) in [6.45, 7) is 4.71. The van der Waals surface area contributed by atoms with E-state index in [0.29, 0.717) is 5.95 Å². The van der Waals surface area contributed by atoms with Gasteiger partial charge in [-0.05, 0) is 25.5 Å². The fourth-order valence-electron chi connectivity index (χ4n) is 1.66. The summed E-state index contributed by atoms with van der Waals surface area (Å²) < 4.78 is 13.0. The lowest BCUT2D eigenvalue weighted by molar-refractivity contribution is 0.672. The lowest BCUT2D eigenvalue weighted by Crippen LogP contribution is -2.15. The van der Waals surface area contributed by atoms with Crippen molar-refractivity contribution < 1.29 is 4.21 Å². The average Bonchev–Trinajstić information content (AvgIpc) is 2.73. The third kappa shape index (κ3) is 2.87. The standard InChI is InChI=1S/C12H18N4OS/c1-9-5-4-6-11-14-12(15-16(9)11)13-8-7-10(2)18(3)17/h4-6,10H,7-8H2,1-3H3,(H,13,15). The zero-order valence-electron chi connectivity index (χ0n) is 10.9. The van der Waals surface area contributed by atoms with Crippen LogP contribution in [-0.4, -0.2) is 36.9 Å². The van der Waals surface area contributed by atoms with Crippen LogP contribution in [-0.2, 0) is 10.8 Å². The van der Waals surface area contributed by atoms with Gasteiger partial charge in [-0.25, -0.2) is 4.52 Å². The van der Waals surface area contributed by atoms with Crippen LogP contribution in [0.25, 0.3) is 5.65 Å². The molecule has 0 aliphatic rings. The van der Waals surface area contributed by atoms with Gasteiger partial charge in [-0.3, -0.25) is 4.21 Å². The average molecular weight is 266 g/mol. The minimum atomic E-state index is -0.773. The zero-order chi connectivity index (χ0) is 13.1. The molecule has 2 atom stereocenters. The Morgan fingerprint density at radius 2 is 2.28 bits per heavy atom. The topological polar surface area (TPSA) is 59.3 Å². The van der Waals surface area contributed by atoms with Crippen molar-refractivity contribution in [1.82, 2.24) is 14.6 Å². The molecule has 0 aliphatic heterocycles. The van der Waals surface area contributed by atoms with Gasteiger partial charge in [0.15, 0.2) is 5.65 Å². The Morgan fingerprint density at radius 3 is 2.94 bits per heavy atom. The largest absolute Gasteiger partial charge is 0.353 e. The SMILES string of the molecule is Cc1cccc2nc(NCCC(C)S(C)=O)nn12. The van der Waals surface area contributed by atoms with Crippen LogP contribution in [0, 0.1) is 6.92 Å². The quantitative estimate of drug-likeness (QED) is 0.893. The molecule has 6 heteroatoms. The third-order valence-corrected chi connectivity index (χ3v) is 4.32. The van der Waals surface area contributed by atoms with Gasteiger partial charge in [0.2, 0.25) is 5.95 Å². The summed E-state index contributed by atoms with van der Waals surface area (Å²) in [6.07, 6.45) is 2.58. The van der Waals surface area contributed by atoms with Gasteiger partial charge in [-0.1, -0.05) is 13.0 Å². The number of rotatable bonds is 5. The normalized spacial score (nSPS) is 14.6. The molecule has 1 N–H and O–H groups in total. The molecule has 2 aromatic heterocycles. The van der Waals surface area contributed by atoms with Crippen LogP contribution in [0.3, 0.4) is 0 Å². The van der Waals surface area contributed by atoms with Gasteiger partial charge in [0.25, 0.3) is 0 Å². The molecule has 0 fully saturated rings. The maximum absolute atomic E-state index is 11.2.